The molecule has 0 bridgehead atoms. The lowest BCUT2D eigenvalue weighted by molar-refractivity contribution is -0.000687. The summed E-state index contributed by atoms with van der Waals surface area (Å²) < 4.78 is 0. The van der Waals surface area contributed by atoms with E-state index in [9.17, 15) is 5.11 Å². The molecule has 1 fully saturated rings. The number of hydrogen-bond acceptors (Lipinski definition) is 1. The highest BCUT2D eigenvalue weighted by atomic mass is 35.5. The highest BCUT2D eigenvalue weighted by Crippen LogP contribution is 2.46. The molecule has 0 spiro atoms. The van der Waals surface area contributed by atoms with Crippen LogP contribution in [-0.4, -0.2) is 11.2 Å². The smallest absolute Gasteiger partial charge is 0.0580 e. The van der Waals surface area contributed by atoms with Crippen molar-refractivity contribution in [3.05, 3.63) is 34.9 Å². The fourth-order valence-corrected chi connectivity index (χ4v) is 2.65. The van der Waals surface area contributed by atoms with Gasteiger partial charge < -0.3 is 5.11 Å². The van der Waals surface area contributed by atoms with Crippen molar-refractivity contribution in [1.82, 2.24) is 0 Å². The molecule has 2 rings (SSSR count). The molecule has 1 saturated carbocycles. The largest absolute Gasteiger partial charge is 0.393 e. The number of benzene rings is 1. The SMILES string of the molecule is CCC1C(O)CC1c1ccccc1Cl. The van der Waals surface area contributed by atoms with Gasteiger partial charge in [0.2, 0.25) is 0 Å². The first-order valence-electron chi connectivity index (χ1n) is 5.16. The van der Waals surface area contributed by atoms with Gasteiger partial charge in [0.05, 0.1) is 6.10 Å². The second kappa shape index (κ2) is 3.92. The summed E-state index contributed by atoms with van der Waals surface area (Å²) >= 11 is 6.12. The van der Waals surface area contributed by atoms with Crippen molar-refractivity contribution in [1.29, 1.82) is 0 Å². The van der Waals surface area contributed by atoms with Crippen LogP contribution in [0, 0.1) is 5.92 Å². The summed E-state index contributed by atoms with van der Waals surface area (Å²) in [5, 5.41) is 10.4. The van der Waals surface area contributed by atoms with Gasteiger partial charge in [0.25, 0.3) is 0 Å². The molecule has 1 aromatic rings. The van der Waals surface area contributed by atoms with Gasteiger partial charge in [-0.05, 0) is 29.9 Å². The van der Waals surface area contributed by atoms with Gasteiger partial charge in [-0.15, -0.1) is 0 Å². The average molecular weight is 211 g/mol. The molecule has 3 atom stereocenters. The van der Waals surface area contributed by atoms with Crippen LogP contribution in [0.3, 0.4) is 0 Å². The molecule has 0 amide bonds. The fourth-order valence-electron chi connectivity index (χ4n) is 2.37. The Bertz CT molecular complexity index is 324. The minimum absolute atomic E-state index is 0.124. The second-order valence-electron chi connectivity index (χ2n) is 4.00. The quantitative estimate of drug-likeness (QED) is 0.795. The van der Waals surface area contributed by atoms with Crippen molar-refractivity contribution in [2.24, 2.45) is 5.92 Å². The Morgan fingerprint density at radius 1 is 1.43 bits per heavy atom. The Hall–Kier alpha value is -0.530. The standard InChI is InChI=1S/C12H15ClO/c1-2-8-10(7-12(8)14)9-5-3-4-6-11(9)13/h3-6,8,10,12,14H,2,7H2,1H3. The molecule has 1 aliphatic rings. The zero-order chi connectivity index (χ0) is 10.1. The van der Waals surface area contributed by atoms with Crippen molar-refractivity contribution in [3.8, 4) is 0 Å². The summed E-state index contributed by atoms with van der Waals surface area (Å²) in [6.45, 7) is 2.12. The first kappa shape index (κ1) is 10.0. The van der Waals surface area contributed by atoms with Gasteiger partial charge in [-0.25, -0.2) is 0 Å². The lowest BCUT2D eigenvalue weighted by Crippen LogP contribution is -2.39. The van der Waals surface area contributed by atoms with E-state index in [0.717, 1.165) is 17.9 Å². The minimum atomic E-state index is -0.124. The van der Waals surface area contributed by atoms with Crippen LogP contribution in [0.4, 0.5) is 0 Å². The molecule has 0 saturated heterocycles. The van der Waals surface area contributed by atoms with E-state index < -0.39 is 0 Å². The first-order chi connectivity index (χ1) is 6.74. The number of aliphatic hydroxyl groups is 1. The zero-order valence-corrected chi connectivity index (χ0v) is 9.04. The fraction of sp³-hybridized carbons (Fsp3) is 0.500. The first-order valence-corrected chi connectivity index (χ1v) is 5.54. The molecular formula is C12H15ClO. The van der Waals surface area contributed by atoms with Gasteiger partial charge in [0.15, 0.2) is 0 Å². The monoisotopic (exact) mass is 210 g/mol. The molecule has 1 aromatic carbocycles. The zero-order valence-electron chi connectivity index (χ0n) is 8.28. The van der Waals surface area contributed by atoms with Gasteiger partial charge in [-0.1, -0.05) is 43.1 Å². The molecular weight excluding hydrogens is 196 g/mol. The number of rotatable bonds is 2. The summed E-state index contributed by atoms with van der Waals surface area (Å²) in [5.74, 6) is 0.860. The van der Waals surface area contributed by atoms with Crippen molar-refractivity contribution < 1.29 is 5.11 Å². The van der Waals surface area contributed by atoms with Gasteiger partial charge in [-0.3, -0.25) is 0 Å². The van der Waals surface area contributed by atoms with Crippen LogP contribution < -0.4 is 0 Å². The normalized spacial score (nSPS) is 31.2. The van der Waals surface area contributed by atoms with Crippen LogP contribution in [0.1, 0.15) is 31.2 Å². The maximum absolute atomic E-state index is 9.59. The molecule has 0 radical (unpaired) electrons. The highest BCUT2D eigenvalue weighted by Gasteiger charge is 2.39. The van der Waals surface area contributed by atoms with Crippen molar-refractivity contribution >= 4 is 11.6 Å². The van der Waals surface area contributed by atoms with Crippen molar-refractivity contribution in [2.45, 2.75) is 31.8 Å². The van der Waals surface area contributed by atoms with E-state index in [1.54, 1.807) is 0 Å². The number of aliphatic hydroxyl groups excluding tert-OH is 1. The maximum Gasteiger partial charge on any atom is 0.0580 e. The predicted molar refractivity (Wildman–Crippen MR) is 58.6 cm³/mol. The highest BCUT2D eigenvalue weighted by molar-refractivity contribution is 6.31. The summed E-state index contributed by atoms with van der Waals surface area (Å²) in [4.78, 5) is 0. The molecule has 1 N–H and O–H groups in total. The molecule has 1 nitrogen and oxygen atoms in total. The Balaban J connectivity index is 2.21. The van der Waals surface area contributed by atoms with Gasteiger partial charge in [-0.2, -0.15) is 0 Å². The average Bonchev–Trinajstić information content (AvgIpc) is 2.16. The second-order valence-corrected chi connectivity index (χ2v) is 4.41. The van der Waals surface area contributed by atoms with E-state index in [1.165, 1.54) is 5.56 Å². The van der Waals surface area contributed by atoms with E-state index in [0.29, 0.717) is 11.8 Å². The lowest BCUT2D eigenvalue weighted by atomic mass is 9.66. The molecule has 0 aliphatic heterocycles. The van der Waals surface area contributed by atoms with Crippen LogP contribution in [0.5, 0.6) is 0 Å². The van der Waals surface area contributed by atoms with E-state index >= 15 is 0 Å². The predicted octanol–water partition coefficient (Wildman–Crippen LogP) is 3.21. The van der Waals surface area contributed by atoms with E-state index in [2.05, 4.69) is 13.0 Å². The van der Waals surface area contributed by atoms with Crippen LogP contribution in [0.2, 0.25) is 5.02 Å². The molecule has 2 heteroatoms. The van der Waals surface area contributed by atoms with Gasteiger partial charge in [0, 0.05) is 5.02 Å². The van der Waals surface area contributed by atoms with Crippen LogP contribution >= 0.6 is 11.6 Å². The van der Waals surface area contributed by atoms with E-state index in [4.69, 9.17) is 11.6 Å². The van der Waals surface area contributed by atoms with Crippen LogP contribution in [0.25, 0.3) is 0 Å². The Kier molecular flexibility index (Phi) is 2.80. The molecule has 76 valence electrons. The molecule has 0 aromatic heterocycles. The summed E-state index contributed by atoms with van der Waals surface area (Å²) in [7, 11) is 0. The molecule has 0 heterocycles. The minimum Gasteiger partial charge on any atom is -0.393 e. The molecule has 14 heavy (non-hydrogen) atoms. The summed E-state index contributed by atoms with van der Waals surface area (Å²) in [5.41, 5.74) is 1.20. The maximum atomic E-state index is 9.59. The lowest BCUT2D eigenvalue weighted by Gasteiger charge is -2.42. The Morgan fingerprint density at radius 3 is 2.71 bits per heavy atom. The van der Waals surface area contributed by atoms with Gasteiger partial charge >= 0.3 is 0 Å². The Labute approximate surface area is 89.7 Å². The van der Waals surface area contributed by atoms with Crippen LogP contribution in [0.15, 0.2) is 24.3 Å². The number of halogens is 1. The third kappa shape index (κ3) is 1.55. The summed E-state index contributed by atoms with van der Waals surface area (Å²) in [6, 6.07) is 7.95. The van der Waals surface area contributed by atoms with E-state index in [1.807, 2.05) is 18.2 Å². The Morgan fingerprint density at radius 2 is 2.14 bits per heavy atom. The van der Waals surface area contributed by atoms with E-state index in [-0.39, 0.29) is 6.10 Å². The molecule has 1 aliphatic carbocycles. The molecule has 3 unspecified atom stereocenters. The topological polar surface area (TPSA) is 20.2 Å². The number of hydrogen-bond donors (Lipinski definition) is 1. The summed E-state index contributed by atoms with van der Waals surface area (Å²) in [6.07, 6.45) is 1.76. The van der Waals surface area contributed by atoms with Crippen molar-refractivity contribution in [2.75, 3.05) is 0 Å². The third-order valence-corrected chi connectivity index (χ3v) is 3.63. The van der Waals surface area contributed by atoms with Gasteiger partial charge in [0.1, 0.15) is 0 Å². The van der Waals surface area contributed by atoms with Crippen LogP contribution in [-0.2, 0) is 0 Å². The van der Waals surface area contributed by atoms with Crippen molar-refractivity contribution in [3.63, 3.8) is 0 Å². The third-order valence-electron chi connectivity index (χ3n) is 3.28.